The second kappa shape index (κ2) is 16.0. The van der Waals surface area contributed by atoms with Crippen molar-refractivity contribution in [2.45, 2.75) is 75.3 Å². The van der Waals surface area contributed by atoms with Gasteiger partial charge in [-0.25, -0.2) is 0 Å². The number of rotatable bonds is 17. The van der Waals surface area contributed by atoms with Gasteiger partial charge in [0.05, 0.1) is 31.1 Å². The van der Waals surface area contributed by atoms with Crippen molar-refractivity contribution in [2.24, 2.45) is 11.8 Å². The van der Waals surface area contributed by atoms with Gasteiger partial charge >= 0.3 is 5.97 Å². The number of methoxy groups -OCH3 is 1. The molecule has 1 spiro atoms. The number of hydrogen-bond donors (Lipinski definition) is 1. The minimum atomic E-state index is -1.24. The predicted octanol–water partition coefficient (Wildman–Crippen LogP) is 4.46. The van der Waals surface area contributed by atoms with Gasteiger partial charge in [-0.05, 0) is 68.9 Å². The molecule has 3 aliphatic rings. The maximum atomic E-state index is 14.7. The van der Waals surface area contributed by atoms with E-state index in [9.17, 15) is 24.3 Å². The van der Waals surface area contributed by atoms with E-state index in [1.54, 1.807) is 65.3 Å². The molecule has 50 heavy (non-hydrogen) atoms. The van der Waals surface area contributed by atoms with Crippen LogP contribution in [-0.2, 0) is 28.7 Å². The number of benzene rings is 2. The summed E-state index contributed by atoms with van der Waals surface area (Å²) in [7, 11) is 3.25. The molecule has 268 valence electrons. The molecule has 3 amide bonds. The van der Waals surface area contributed by atoms with E-state index in [0.717, 1.165) is 0 Å². The normalized spacial score (nSPS) is 24.6. The summed E-state index contributed by atoms with van der Waals surface area (Å²) in [5, 5.41) is 9.53. The number of likely N-dealkylation sites (tertiary alicyclic amines) is 1. The Kier molecular flexibility index (Phi) is 11.8. The van der Waals surface area contributed by atoms with Crippen molar-refractivity contribution in [3.8, 4) is 5.75 Å². The highest BCUT2D eigenvalue weighted by Gasteiger charge is 2.75. The van der Waals surface area contributed by atoms with Crippen LogP contribution in [0, 0.1) is 11.8 Å². The molecule has 0 saturated carbocycles. The first-order valence-corrected chi connectivity index (χ1v) is 17.4. The Bertz CT molecular complexity index is 1550. The summed E-state index contributed by atoms with van der Waals surface area (Å²) in [6.45, 7) is 9.76. The second-order valence-electron chi connectivity index (χ2n) is 13.3. The summed E-state index contributed by atoms with van der Waals surface area (Å²) in [6.07, 6.45) is 4.51. The van der Waals surface area contributed by atoms with Gasteiger partial charge in [-0.3, -0.25) is 19.2 Å². The van der Waals surface area contributed by atoms with E-state index >= 15 is 0 Å². The molecule has 7 atom stereocenters. The number of unbranched alkanes of at least 4 members (excludes halogenated alkanes) is 1. The lowest BCUT2D eigenvalue weighted by atomic mass is 9.70. The fourth-order valence-electron chi connectivity index (χ4n) is 7.82. The summed E-state index contributed by atoms with van der Waals surface area (Å²) < 4.78 is 18.3. The lowest BCUT2D eigenvalue weighted by Crippen LogP contribution is -2.56. The highest BCUT2D eigenvalue weighted by atomic mass is 16.6. The zero-order chi connectivity index (χ0) is 36.0. The molecule has 11 nitrogen and oxygen atoms in total. The number of hydrogen-bond acceptors (Lipinski definition) is 8. The van der Waals surface area contributed by atoms with E-state index in [0.29, 0.717) is 49.1 Å². The molecule has 3 saturated heterocycles. The summed E-state index contributed by atoms with van der Waals surface area (Å²) >= 11 is 0. The van der Waals surface area contributed by atoms with Crippen LogP contribution in [-0.4, -0.2) is 96.2 Å². The van der Waals surface area contributed by atoms with Crippen LogP contribution < -0.4 is 9.64 Å². The van der Waals surface area contributed by atoms with Crippen LogP contribution >= 0.6 is 0 Å². The minimum absolute atomic E-state index is 0.0548. The molecule has 3 fully saturated rings. The van der Waals surface area contributed by atoms with E-state index in [2.05, 4.69) is 13.2 Å². The van der Waals surface area contributed by atoms with Gasteiger partial charge in [0.15, 0.2) is 0 Å². The van der Waals surface area contributed by atoms with Gasteiger partial charge in [0.25, 0.3) is 5.91 Å². The molecule has 5 rings (SSSR count). The van der Waals surface area contributed by atoms with Gasteiger partial charge in [-0.15, -0.1) is 13.2 Å². The van der Waals surface area contributed by atoms with Gasteiger partial charge in [0.1, 0.15) is 23.5 Å². The maximum Gasteiger partial charge on any atom is 0.313 e. The van der Waals surface area contributed by atoms with Crippen molar-refractivity contribution in [3.63, 3.8) is 0 Å². The van der Waals surface area contributed by atoms with Crippen molar-refractivity contribution < 1.29 is 38.5 Å². The van der Waals surface area contributed by atoms with Crippen LogP contribution in [0.2, 0.25) is 0 Å². The van der Waals surface area contributed by atoms with Crippen molar-refractivity contribution in [3.05, 3.63) is 85.5 Å². The number of esters is 1. The number of allylic oxidation sites excluding steroid dienone is 1. The quantitative estimate of drug-likeness (QED) is 0.147. The standard InChI is InChI=1S/C39H49N3O8/c1-6-8-16-31(44)40(4)26(3)34(27-14-10-9-11-15-27)49-38(47)32-30-21-22-39(50-30)33(32)36(45)42(24-12-13-25-43)35(39)37(46)41(23-7-2)28-17-19-29(48-5)20-18-28/h6-7,9-11,14-15,17-20,26,30,32-35,43H,1-2,8,12-13,16,21-25H2,3-5H3/t26-,30-,32+,33+,34+,35-,39+/m1/s1. The zero-order valence-electron chi connectivity index (χ0n) is 29.2. The monoisotopic (exact) mass is 687 g/mol. The molecule has 11 heteroatoms. The van der Waals surface area contributed by atoms with Crippen molar-refractivity contribution in [1.29, 1.82) is 0 Å². The molecular formula is C39H49N3O8. The fourth-order valence-corrected chi connectivity index (χ4v) is 7.82. The van der Waals surface area contributed by atoms with Gasteiger partial charge in [0.2, 0.25) is 11.8 Å². The van der Waals surface area contributed by atoms with Crippen LogP contribution in [0.25, 0.3) is 0 Å². The number of aliphatic hydroxyl groups excluding tert-OH is 1. The number of nitrogens with zero attached hydrogens (tertiary/aromatic N) is 3. The molecule has 1 N–H and O–H groups in total. The number of carbonyl (C=O) groups excluding carboxylic acids is 4. The van der Waals surface area contributed by atoms with Gasteiger partial charge < -0.3 is 34.0 Å². The van der Waals surface area contributed by atoms with Crippen LogP contribution in [0.3, 0.4) is 0 Å². The summed E-state index contributed by atoms with van der Waals surface area (Å²) in [5.41, 5.74) is 0.0820. The van der Waals surface area contributed by atoms with Crippen LogP contribution in [0.4, 0.5) is 5.69 Å². The summed E-state index contributed by atoms with van der Waals surface area (Å²) in [5.74, 6) is -2.61. The number of ether oxygens (including phenoxy) is 3. The van der Waals surface area contributed by atoms with Crippen molar-refractivity contribution >= 4 is 29.4 Å². The second-order valence-corrected chi connectivity index (χ2v) is 13.3. The van der Waals surface area contributed by atoms with Crippen LogP contribution in [0.15, 0.2) is 79.9 Å². The number of anilines is 1. The van der Waals surface area contributed by atoms with E-state index < -0.39 is 47.7 Å². The molecular weight excluding hydrogens is 638 g/mol. The molecule has 3 aliphatic heterocycles. The van der Waals surface area contributed by atoms with Crippen molar-refractivity contribution in [2.75, 3.05) is 38.8 Å². The van der Waals surface area contributed by atoms with E-state index in [1.165, 1.54) is 0 Å². The Labute approximate surface area is 294 Å². The molecule has 0 aliphatic carbocycles. The first-order chi connectivity index (χ1) is 24.1. The Morgan fingerprint density at radius 1 is 1.10 bits per heavy atom. The Morgan fingerprint density at radius 3 is 2.46 bits per heavy atom. The molecule has 0 aromatic heterocycles. The van der Waals surface area contributed by atoms with Crippen LogP contribution in [0.1, 0.15) is 57.1 Å². The molecule has 2 aromatic rings. The third kappa shape index (κ3) is 6.93. The number of aliphatic hydroxyl groups is 1. The van der Waals surface area contributed by atoms with E-state index in [-0.39, 0.29) is 43.8 Å². The average Bonchev–Trinajstić information content (AvgIpc) is 3.78. The van der Waals surface area contributed by atoms with E-state index in [4.69, 9.17) is 14.2 Å². The number of amides is 3. The Hall–Kier alpha value is -4.48. The summed E-state index contributed by atoms with van der Waals surface area (Å²) in [4.78, 5) is 61.3. The van der Waals surface area contributed by atoms with Crippen LogP contribution in [0.5, 0.6) is 5.75 Å². The molecule has 0 unspecified atom stereocenters. The minimum Gasteiger partial charge on any atom is -0.497 e. The van der Waals surface area contributed by atoms with Gasteiger partial charge in [-0.1, -0.05) is 42.5 Å². The number of likely N-dealkylation sites (N-methyl/N-ethyl adjacent to an activating group) is 1. The van der Waals surface area contributed by atoms with E-state index in [1.807, 2.05) is 37.3 Å². The SMILES string of the molecule is C=CCCC(=O)N(C)[C@H](C)[C@H](OC(=O)[C@@H]1[C@H]2C(=O)N(CCCCO)[C@H](C(=O)N(CC=C)c3ccc(OC)cc3)[C@]23CC[C@H]1O3)c1ccccc1. The number of carbonyl (C=O) groups is 4. The first kappa shape index (κ1) is 36.8. The van der Waals surface area contributed by atoms with Crippen molar-refractivity contribution in [1.82, 2.24) is 9.80 Å². The first-order valence-electron chi connectivity index (χ1n) is 17.4. The average molecular weight is 688 g/mol. The Balaban J connectivity index is 1.48. The predicted molar refractivity (Wildman–Crippen MR) is 188 cm³/mol. The lowest BCUT2D eigenvalue weighted by Gasteiger charge is -2.37. The lowest BCUT2D eigenvalue weighted by molar-refractivity contribution is -0.164. The topological polar surface area (TPSA) is 126 Å². The third-order valence-electron chi connectivity index (χ3n) is 10.5. The smallest absolute Gasteiger partial charge is 0.313 e. The zero-order valence-corrected chi connectivity index (χ0v) is 29.2. The highest BCUT2D eigenvalue weighted by Crippen LogP contribution is 2.59. The molecule has 3 heterocycles. The Morgan fingerprint density at radius 2 is 1.82 bits per heavy atom. The number of fused-ring (bicyclic) bond motifs is 1. The largest absolute Gasteiger partial charge is 0.497 e. The highest BCUT2D eigenvalue weighted by molar-refractivity contribution is 6.04. The third-order valence-corrected chi connectivity index (χ3v) is 10.5. The molecule has 2 bridgehead atoms. The molecule has 0 radical (unpaired) electrons. The maximum absolute atomic E-state index is 14.7. The summed E-state index contributed by atoms with van der Waals surface area (Å²) in [6, 6.07) is 14.8. The molecule has 2 aromatic carbocycles. The fraction of sp³-hybridized carbons (Fsp3) is 0.487. The van der Waals surface area contributed by atoms with Gasteiger partial charge in [0, 0.05) is 38.9 Å². The van der Waals surface area contributed by atoms with Gasteiger partial charge in [-0.2, -0.15) is 0 Å².